The summed E-state index contributed by atoms with van der Waals surface area (Å²) in [4.78, 5) is 21.4. The smallest absolute Gasteiger partial charge is 0.459 e. The van der Waals surface area contributed by atoms with E-state index >= 15 is 0 Å². The van der Waals surface area contributed by atoms with Gasteiger partial charge in [-0.15, -0.1) is 0 Å². The standard InChI is InChI=1S/C14H18F6O4/c1-8(21)24-11(13(15,16)17)6-9-2-4-10(5-3-9)7-23-12(22)14(18,19)20/h9-11H,2-7H2,1H3. The molecule has 0 amide bonds. The van der Waals surface area contributed by atoms with Gasteiger partial charge in [0.1, 0.15) is 0 Å². The largest absolute Gasteiger partial charge is 0.490 e. The summed E-state index contributed by atoms with van der Waals surface area (Å²) in [5.74, 6) is -3.96. The lowest BCUT2D eigenvalue weighted by Gasteiger charge is -2.31. The van der Waals surface area contributed by atoms with Gasteiger partial charge in [-0.1, -0.05) is 0 Å². The molecule has 1 saturated carbocycles. The monoisotopic (exact) mass is 364 g/mol. The number of halogens is 6. The molecule has 0 radical (unpaired) electrons. The predicted octanol–water partition coefficient (Wildman–Crippen LogP) is 3.78. The first-order valence-corrected chi connectivity index (χ1v) is 7.37. The maximum atomic E-state index is 12.8. The van der Waals surface area contributed by atoms with Crippen LogP contribution in [0.4, 0.5) is 26.3 Å². The summed E-state index contributed by atoms with van der Waals surface area (Å²) in [5, 5.41) is 0. The highest BCUT2D eigenvalue weighted by molar-refractivity contribution is 5.75. The van der Waals surface area contributed by atoms with Crippen LogP contribution in [0.2, 0.25) is 0 Å². The van der Waals surface area contributed by atoms with E-state index in [9.17, 15) is 35.9 Å². The van der Waals surface area contributed by atoms with Crippen LogP contribution in [-0.4, -0.2) is 37.0 Å². The van der Waals surface area contributed by atoms with Crippen molar-refractivity contribution in [2.24, 2.45) is 11.8 Å². The van der Waals surface area contributed by atoms with E-state index in [0.29, 0.717) is 25.7 Å². The Morgan fingerprint density at radius 3 is 1.92 bits per heavy atom. The number of rotatable bonds is 5. The van der Waals surface area contributed by atoms with Crippen LogP contribution in [0, 0.1) is 11.8 Å². The van der Waals surface area contributed by atoms with E-state index in [1.165, 1.54) is 0 Å². The Kier molecular flexibility index (Phi) is 6.91. The zero-order valence-electron chi connectivity index (χ0n) is 12.9. The third-order valence-electron chi connectivity index (χ3n) is 3.87. The van der Waals surface area contributed by atoms with E-state index in [1.807, 2.05) is 0 Å². The normalized spacial score (nSPS) is 23.5. The Morgan fingerprint density at radius 2 is 1.50 bits per heavy atom. The minimum atomic E-state index is -5.05. The Labute approximate surface area is 134 Å². The van der Waals surface area contributed by atoms with Crippen molar-refractivity contribution in [1.29, 1.82) is 0 Å². The minimum Gasteiger partial charge on any atom is -0.459 e. The molecule has 0 heterocycles. The van der Waals surface area contributed by atoms with Crippen LogP contribution in [0.1, 0.15) is 39.0 Å². The maximum Gasteiger partial charge on any atom is 0.490 e. The molecular weight excluding hydrogens is 346 g/mol. The number of esters is 2. The second-order valence-electron chi connectivity index (χ2n) is 5.86. The van der Waals surface area contributed by atoms with Gasteiger partial charge in [0.05, 0.1) is 6.61 Å². The molecule has 1 rings (SSSR count). The van der Waals surface area contributed by atoms with Gasteiger partial charge in [-0.05, 0) is 43.9 Å². The van der Waals surface area contributed by atoms with Crippen LogP contribution in [0.25, 0.3) is 0 Å². The van der Waals surface area contributed by atoms with Gasteiger partial charge >= 0.3 is 24.3 Å². The summed E-state index contributed by atoms with van der Waals surface area (Å²) in [6, 6.07) is 0. The highest BCUT2D eigenvalue weighted by Crippen LogP contribution is 2.36. The Bertz CT molecular complexity index is 438. The molecule has 1 aliphatic rings. The molecule has 0 N–H and O–H groups in total. The van der Waals surface area contributed by atoms with Crippen molar-refractivity contribution in [1.82, 2.24) is 0 Å². The summed E-state index contributed by atoms with van der Waals surface area (Å²) >= 11 is 0. The molecule has 1 aliphatic carbocycles. The fourth-order valence-corrected chi connectivity index (χ4v) is 2.66. The van der Waals surface area contributed by atoms with E-state index in [4.69, 9.17) is 0 Å². The molecule has 0 bridgehead atoms. The number of alkyl halides is 6. The summed E-state index contributed by atoms with van der Waals surface area (Å²) < 4.78 is 82.8. The molecule has 10 heteroatoms. The molecule has 4 nitrogen and oxygen atoms in total. The second kappa shape index (κ2) is 8.06. The maximum absolute atomic E-state index is 12.8. The Morgan fingerprint density at radius 1 is 1.00 bits per heavy atom. The van der Waals surface area contributed by atoms with Crippen LogP contribution < -0.4 is 0 Å². The molecule has 0 aromatic heterocycles. The van der Waals surface area contributed by atoms with Gasteiger partial charge in [0, 0.05) is 6.92 Å². The number of hydrogen-bond donors (Lipinski definition) is 0. The highest BCUT2D eigenvalue weighted by atomic mass is 19.4. The minimum absolute atomic E-state index is 0.314. The molecule has 0 aromatic rings. The zero-order valence-corrected chi connectivity index (χ0v) is 12.9. The van der Waals surface area contributed by atoms with Crippen molar-refractivity contribution in [2.75, 3.05) is 6.61 Å². The van der Waals surface area contributed by atoms with E-state index in [2.05, 4.69) is 9.47 Å². The molecule has 0 spiro atoms. The molecule has 140 valence electrons. The van der Waals surface area contributed by atoms with Gasteiger partial charge in [-0.3, -0.25) is 4.79 Å². The fraction of sp³-hybridized carbons (Fsp3) is 0.857. The van der Waals surface area contributed by atoms with Crippen molar-refractivity contribution in [2.45, 2.75) is 57.5 Å². The van der Waals surface area contributed by atoms with Crippen LogP contribution >= 0.6 is 0 Å². The van der Waals surface area contributed by atoms with Gasteiger partial charge in [0.15, 0.2) is 6.10 Å². The van der Waals surface area contributed by atoms with Gasteiger partial charge < -0.3 is 9.47 Å². The fourth-order valence-electron chi connectivity index (χ4n) is 2.66. The first-order chi connectivity index (χ1) is 10.9. The van der Waals surface area contributed by atoms with Gasteiger partial charge in [0.25, 0.3) is 0 Å². The summed E-state index contributed by atoms with van der Waals surface area (Å²) in [5.41, 5.74) is 0. The van der Waals surface area contributed by atoms with E-state index in [-0.39, 0.29) is 18.3 Å². The van der Waals surface area contributed by atoms with Crippen molar-refractivity contribution >= 4 is 11.9 Å². The van der Waals surface area contributed by atoms with E-state index < -0.39 is 37.0 Å². The number of carbonyl (C=O) groups is 2. The van der Waals surface area contributed by atoms with Crippen molar-refractivity contribution in [3.05, 3.63) is 0 Å². The van der Waals surface area contributed by atoms with Gasteiger partial charge in [-0.2, -0.15) is 26.3 Å². The van der Waals surface area contributed by atoms with E-state index in [1.54, 1.807) is 0 Å². The quantitative estimate of drug-likeness (QED) is 0.550. The first kappa shape index (κ1) is 20.6. The second-order valence-corrected chi connectivity index (χ2v) is 5.86. The molecule has 0 aliphatic heterocycles. The third kappa shape index (κ3) is 6.96. The number of ether oxygens (including phenoxy) is 2. The van der Waals surface area contributed by atoms with Gasteiger partial charge in [-0.25, -0.2) is 4.79 Å². The zero-order chi connectivity index (χ0) is 18.5. The Balaban J connectivity index is 2.42. The summed E-state index contributed by atoms with van der Waals surface area (Å²) in [7, 11) is 0. The predicted molar refractivity (Wildman–Crippen MR) is 68.7 cm³/mol. The van der Waals surface area contributed by atoms with Crippen LogP contribution in [-0.2, 0) is 19.1 Å². The van der Waals surface area contributed by atoms with Crippen LogP contribution in [0.15, 0.2) is 0 Å². The van der Waals surface area contributed by atoms with Crippen molar-refractivity contribution in [3.8, 4) is 0 Å². The number of carbonyl (C=O) groups excluding carboxylic acids is 2. The van der Waals surface area contributed by atoms with Crippen molar-refractivity contribution < 1.29 is 45.4 Å². The van der Waals surface area contributed by atoms with Gasteiger partial charge in [0.2, 0.25) is 0 Å². The molecular formula is C14H18F6O4. The van der Waals surface area contributed by atoms with E-state index in [0.717, 1.165) is 6.92 Å². The lowest BCUT2D eigenvalue weighted by Crippen LogP contribution is -2.36. The highest BCUT2D eigenvalue weighted by Gasteiger charge is 2.44. The summed E-state index contributed by atoms with van der Waals surface area (Å²) in [6.45, 7) is 0.488. The lowest BCUT2D eigenvalue weighted by atomic mass is 9.80. The topological polar surface area (TPSA) is 52.6 Å². The van der Waals surface area contributed by atoms with Crippen molar-refractivity contribution in [3.63, 3.8) is 0 Å². The van der Waals surface area contributed by atoms with Crippen LogP contribution in [0.5, 0.6) is 0 Å². The molecule has 1 atom stereocenters. The summed E-state index contributed by atoms with van der Waals surface area (Å²) in [6.07, 6.45) is -10.9. The van der Waals surface area contributed by atoms with Crippen LogP contribution in [0.3, 0.4) is 0 Å². The molecule has 1 unspecified atom stereocenters. The third-order valence-corrected chi connectivity index (χ3v) is 3.87. The number of hydrogen-bond acceptors (Lipinski definition) is 4. The average Bonchev–Trinajstić information content (AvgIpc) is 2.43. The lowest BCUT2D eigenvalue weighted by molar-refractivity contribution is -0.224. The molecule has 1 fully saturated rings. The average molecular weight is 364 g/mol. The molecule has 24 heavy (non-hydrogen) atoms. The SMILES string of the molecule is CC(=O)OC(CC1CCC(COC(=O)C(F)(F)F)CC1)C(F)(F)F. The Hall–Kier alpha value is -1.48. The first-order valence-electron chi connectivity index (χ1n) is 7.37. The molecule has 0 saturated heterocycles. The molecule has 0 aromatic carbocycles.